The molecule has 1 aromatic carbocycles. The molecule has 1 N–H and O–H groups in total. The molecule has 122 valence electrons. The topological polar surface area (TPSA) is 67.9 Å². The molecule has 2 aliphatic rings. The highest BCUT2D eigenvalue weighted by atomic mass is 16.7. The first-order valence-electron chi connectivity index (χ1n) is 7.76. The summed E-state index contributed by atoms with van der Waals surface area (Å²) in [6.07, 6.45) is 3.02. The van der Waals surface area contributed by atoms with Gasteiger partial charge in [0.1, 0.15) is 0 Å². The van der Waals surface area contributed by atoms with E-state index >= 15 is 0 Å². The average molecular weight is 316 g/mol. The van der Waals surface area contributed by atoms with Gasteiger partial charge in [-0.05, 0) is 31.0 Å². The van der Waals surface area contributed by atoms with Crippen LogP contribution in [-0.4, -0.2) is 43.1 Å². The highest BCUT2D eigenvalue weighted by Gasteiger charge is 2.28. The van der Waals surface area contributed by atoms with Crippen LogP contribution >= 0.6 is 0 Å². The van der Waals surface area contributed by atoms with Crippen molar-refractivity contribution in [2.24, 2.45) is 5.92 Å². The predicted molar refractivity (Wildman–Crippen MR) is 84.4 cm³/mol. The maximum absolute atomic E-state index is 12.6. The van der Waals surface area contributed by atoms with E-state index < -0.39 is 0 Å². The number of piperidine rings is 1. The van der Waals surface area contributed by atoms with Crippen LogP contribution in [0.5, 0.6) is 11.5 Å². The highest BCUT2D eigenvalue weighted by molar-refractivity contribution is 5.95. The molecule has 2 amide bonds. The lowest BCUT2D eigenvalue weighted by molar-refractivity contribution is -0.126. The molecule has 1 fully saturated rings. The molecule has 0 spiro atoms. The van der Waals surface area contributed by atoms with E-state index in [4.69, 9.17) is 9.47 Å². The fraction of sp³-hybridized carbons (Fsp3) is 0.412. The lowest BCUT2D eigenvalue weighted by Crippen LogP contribution is -2.43. The molecule has 2 aliphatic heterocycles. The number of likely N-dealkylation sites (tertiary alicyclic amines) is 1. The fourth-order valence-electron chi connectivity index (χ4n) is 2.87. The van der Waals surface area contributed by atoms with Crippen molar-refractivity contribution >= 4 is 11.8 Å². The summed E-state index contributed by atoms with van der Waals surface area (Å²) in [5.41, 5.74) is 0.587. The van der Waals surface area contributed by atoms with Gasteiger partial charge in [-0.1, -0.05) is 6.08 Å². The van der Waals surface area contributed by atoms with E-state index in [0.29, 0.717) is 49.5 Å². The van der Waals surface area contributed by atoms with Crippen molar-refractivity contribution < 1.29 is 19.1 Å². The first-order chi connectivity index (χ1) is 11.2. The molecule has 6 heteroatoms. The van der Waals surface area contributed by atoms with Crippen LogP contribution in [0.25, 0.3) is 0 Å². The Hall–Kier alpha value is -2.50. The number of rotatable bonds is 4. The number of carbonyl (C=O) groups is 2. The molecule has 0 saturated carbocycles. The lowest BCUT2D eigenvalue weighted by Gasteiger charge is -2.31. The normalized spacial score (nSPS) is 17.0. The number of amides is 2. The molecule has 0 radical (unpaired) electrons. The summed E-state index contributed by atoms with van der Waals surface area (Å²) in [6, 6.07) is 5.22. The van der Waals surface area contributed by atoms with E-state index in [1.165, 1.54) is 0 Å². The molecular weight excluding hydrogens is 296 g/mol. The summed E-state index contributed by atoms with van der Waals surface area (Å²) in [5.74, 6) is 1.25. The molecule has 0 atom stereocenters. The second-order valence-electron chi connectivity index (χ2n) is 5.67. The van der Waals surface area contributed by atoms with E-state index in [0.717, 1.165) is 0 Å². The number of ether oxygens (including phenoxy) is 2. The third-order valence-electron chi connectivity index (χ3n) is 4.19. The Labute approximate surface area is 135 Å². The molecule has 0 aliphatic carbocycles. The maximum Gasteiger partial charge on any atom is 0.253 e. The molecule has 6 nitrogen and oxygen atoms in total. The second-order valence-corrected chi connectivity index (χ2v) is 5.67. The van der Waals surface area contributed by atoms with Crippen LogP contribution in [0.3, 0.4) is 0 Å². The Morgan fingerprint density at radius 3 is 2.74 bits per heavy atom. The number of hydrogen-bond acceptors (Lipinski definition) is 4. The van der Waals surface area contributed by atoms with Gasteiger partial charge in [0.25, 0.3) is 5.91 Å². The molecule has 1 aromatic rings. The van der Waals surface area contributed by atoms with Crippen LogP contribution in [0.2, 0.25) is 0 Å². The van der Waals surface area contributed by atoms with E-state index in [-0.39, 0.29) is 24.5 Å². The number of fused-ring (bicyclic) bond motifs is 1. The standard InChI is InChI=1S/C17H20N2O4/c1-2-7-18-16(20)12-5-8-19(9-6-12)17(21)13-3-4-14-15(10-13)23-11-22-14/h2-4,10,12H,1,5-9,11H2,(H,18,20). The van der Waals surface area contributed by atoms with E-state index in [1.54, 1.807) is 29.2 Å². The predicted octanol–water partition coefficient (Wildman–Crippen LogP) is 1.57. The quantitative estimate of drug-likeness (QED) is 0.856. The smallest absolute Gasteiger partial charge is 0.253 e. The summed E-state index contributed by atoms with van der Waals surface area (Å²) >= 11 is 0. The highest BCUT2D eigenvalue weighted by Crippen LogP contribution is 2.33. The van der Waals surface area contributed by atoms with Gasteiger partial charge in [-0.3, -0.25) is 9.59 Å². The van der Waals surface area contributed by atoms with Crippen LogP contribution in [0.1, 0.15) is 23.2 Å². The van der Waals surface area contributed by atoms with Crippen molar-refractivity contribution in [1.82, 2.24) is 10.2 Å². The van der Waals surface area contributed by atoms with Crippen molar-refractivity contribution in [2.75, 3.05) is 26.4 Å². The Morgan fingerprint density at radius 1 is 1.26 bits per heavy atom. The molecule has 0 unspecified atom stereocenters. The molecule has 1 saturated heterocycles. The molecule has 23 heavy (non-hydrogen) atoms. The van der Waals surface area contributed by atoms with Gasteiger partial charge in [0.15, 0.2) is 11.5 Å². The van der Waals surface area contributed by atoms with Crippen molar-refractivity contribution in [2.45, 2.75) is 12.8 Å². The summed E-state index contributed by atoms with van der Waals surface area (Å²) in [4.78, 5) is 26.3. The Balaban J connectivity index is 1.58. The van der Waals surface area contributed by atoms with Crippen LogP contribution in [-0.2, 0) is 4.79 Å². The van der Waals surface area contributed by atoms with Gasteiger partial charge in [0.2, 0.25) is 12.7 Å². The van der Waals surface area contributed by atoms with E-state index in [9.17, 15) is 9.59 Å². The second kappa shape index (κ2) is 6.73. The lowest BCUT2D eigenvalue weighted by atomic mass is 9.95. The van der Waals surface area contributed by atoms with Crippen molar-refractivity contribution in [1.29, 1.82) is 0 Å². The molecule has 0 aromatic heterocycles. The van der Waals surface area contributed by atoms with E-state index in [1.807, 2.05) is 0 Å². The van der Waals surface area contributed by atoms with Gasteiger partial charge >= 0.3 is 0 Å². The first-order valence-corrected chi connectivity index (χ1v) is 7.76. The molecule has 0 bridgehead atoms. The Morgan fingerprint density at radius 2 is 2.00 bits per heavy atom. The SMILES string of the molecule is C=CCNC(=O)C1CCN(C(=O)c2ccc3c(c2)OCO3)CC1. The third kappa shape index (κ3) is 3.31. The number of hydrogen-bond donors (Lipinski definition) is 1. The summed E-state index contributed by atoms with van der Waals surface area (Å²) in [7, 11) is 0. The third-order valence-corrected chi connectivity index (χ3v) is 4.19. The Bertz CT molecular complexity index is 621. The van der Waals surface area contributed by atoms with Gasteiger partial charge in [0, 0.05) is 31.1 Å². The zero-order valence-electron chi connectivity index (χ0n) is 12.9. The Kier molecular flexibility index (Phi) is 4.50. The monoisotopic (exact) mass is 316 g/mol. The zero-order chi connectivity index (χ0) is 16.2. The number of carbonyl (C=O) groups excluding carboxylic acids is 2. The van der Waals surface area contributed by atoms with Crippen LogP contribution < -0.4 is 14.8 Å². The number of nitrogens with one attached hydrogen (secondary N) is 1. The van der Waals surface area contributed by atoms with Crippen molar-refractivity contribution in [3.8, 4) is 11.5 Å². The maximum atomic E-state index is 12.6. The van der Waals surface area contributed by atoms with Crippen LogP contribution in [0, 0.1) is 5.92 Å². The fourth-order valence-corrected chi connectivity index (χ4v) is 2.87. The van der Waals surface area contributed by atoms with Gasteiger partial charge in [-0.25, -0.2) is 0 Å². The van der Waals surface area contributed by atoms with Crippen LogP contribution in [0.4, 0.5) is 0 Å². The van der Waals surface area contributed by atoms with Gasteiger partial charge in [-0.15, -0.1) is 6.58 Å². The van der Waals surface area contributed by atoms with Crippen LogP contribution in [0.15, 0.2) is 30.9 Å². The minimum atomic E-state index is -0.0340. The molecule has 2 heterocycles. The number of nitrogens with zero attached hydrogens (tertiary/aromatic N) is 1. The van der Waals surface area contributed by atoms with Crippen molar-refractivity contribution in [3.05, 3.63) is 36.4 Å². The van der Waals surface area contributed by atoms with E-state index in [2.05, 4.69) is 11.9 Å². The largest absolute Gasteiger partial charge is 0.454 e. The minimum Gasteiger partial charge on any atom is -0.454 e. The molecular formula is C17H20N2O4. The number of benzene rings is 1. The van der Waals surface area contributed by atoms with Crippen molar-refractivity contribution in [3.63, 3.8) is 0 Å². The zero-order valence-corrected chi connectivity index (χ0v) is 12.9. The summed E-state index contributed by atoms with van der Waals surface area (Å²) in [5, 5.41) is 2.82. The first kappa shape index (κ1) is 15.4. The summed E-state index contributed by atoms with van der Waals surface area (Å²) < 4.78 is 10.6. The van der Waals surface area contributed by atoms with Gasteiger partial charge < -0.3 is 19.7 Å². The molecule has 3 rings (SSSR count). The van der Waals surface area contributed by atoms with Gasteiger partial charge in [0.05, 0.1) is 0 Å². The minimum absolute atomic E-state index is 0.0317. The summed E-state index contributed by atoms with van der Waals surface area (Å²) in [6.45, 7) is 5.42. The average Bonchev–Trinajstić information content (AvgIpc) is 3.06. The van der Waals surface area contributed by atoms with Gasteiger partial charge in [-0.2, -0.15) is 0 Å².